The summed E-state index contributed by atoms with van der Waals surface area (Å²) in [7, 11) is 0. The van der Waals surface area contributed by atoms with Crippen LogP contribution >= 0.6 is 0 Å². The quantitative estimate of drug-likeness (QED) is 0.494. The van der Waals surface area contributed by atoms with Gasteiger partial charge in [0.2, 0.25) is 5.95 Å². The number of imidazole rings is 1. The largest absolute Gasteiger partial charge is 0.446 e. The van der Waals surface area contributed by atoms with Gasteiger partial charge in [-0.3, -0.25) is 9.50 Å². The predicted octanol–water partition coefficient (Wildman–Crippen LogP) is 2.95. The van der Waals surface area contributed by atoms with Crippen LogP contribution in [0.3, 0.4) is 0 Å². The number of morpholine rings is 1. The molecule has 5 fully saturated rings. The third-order valence-corrected chi connectivity index (χ3v) is 8.05. The van der Waals surface area contributed by atoms with Crippen LogP contribution in [0.4, 0.5) is 22.4 Å². The van der Waals surface area contributed by atoms with Gasteiger partial charge in [-0.2, -0.15) is 10.1 Å². The molecule has 1 aliphatic heterocycles. The van der Waals surface area contributed by atoms with Gasteiger partial charge in [0.1, 0.15) is 17.6 Å². The van der Waals surface area contributed by atoms with Gasteiger partial charge in [-0.1, -0.05) is 0 Å². The van der Waals surface area contributed by atoms with E-state index in [4.69, 9.17) is 14.5 Å². The smallest absolute Gasteiger partial charge is 0.407 e. The summed E-state index contributed by atoms with van der Waals surface area (Å²) in [6, 6.07) is 4.02. The van der Waals surface area contributed by atoms with Crippen LogP contribution in [0.2, 0.25) is 0 Å². The molecular formula is C24H30N8O3. The van der Waals surface area contributed by atoms with Crippen LogP contribution < -0.4 is 15.5 Å². The second-order valence-corrected chi connectivity index (χ2v) is 10.4. The van der Waals surface area contributed by atoms with Gasteiger partial charge < -0.3 is 25.0 Å². The Kier molecular flexibility index (Phi) is 4.86. The molecule has 184 valence electrons. The molecule has 35 heavy (non-hydrogen) atoms. The van der Waals surface area contributed by atoms with E-state index in [0.29, 0.717) is 25.0 Å². The van der Waals surface area contributed by atoms with Crippen LogP contribution in [-0.2, 0) is 9.47 Å². The summed E-state index contributed by atoms with van der Waals surface area (Å²) in [6.45, 7) is 3.00. The van der Waals surface area contributed by atoms with Crippen molar-refractivity contribution in [1.29, 1.82) is 0 Å². The number of carbonyl (C=O) groups excluding carboxylic acids is 1. The van der Waals surface area contributed by atoms with E-state index in [0.717, 1.165) is 74.7 Å². The van der Waals surface area contributed by atoms with Crippen molar-refractivity contribution in [3.8, 4) is 0 Å². The number of anilines is 3. The van der Waals surface area contributed by atoms with Crippen molar-refractivity contribution in [2.24, 2.45) is 5.92 Å². The lowest BCUT2D eigenvalue weighted by Gasteiger charge is -2.61. The van der Waals surface area contributed by atoms with E-state index < -0.39 is 0 Å². The third kappa shape index (κ3) is 3.87. The van der Waals surface area contributed by atoms with E-state index in [1.807, 2.05) is 22.7 Å². The van der Waals surface area contributed by atoms with Crippen LogP contribution in [0.15, 0.2) is 24.5 Å². The first-order chi connectivity index (χ1) is 17.1. The van der Waals surface area contributed by atoms with Crippen molar-refractivity contribution in [3.05, 3.63) is 30.2 Å². The van der Waals surface area contributed by atoms with Gasteiger partial charge in [0.25, 0.3) is 0 Å². The molecule has 3 aromatic rings. The second-order valence-electron chi connectivity index (χ2n) is 10.4. The number of nitrogens with one attached hydrogen (secondary N) is 3. The molecule has 2 atom stereocenters. The van der Waals surface area contributed by atoms with Crippen LogP contribution in [0.1, 0.15) is 50.1 Å². The number of amides is 1. The highest BCUT2D eigenvalue weighted by Crippen LogP contribution is 2.57. The molecule has 4 saturated carbocycles. The Morgan fingerprint density at radius 2 is 2.06 bits per heavy atom. The molecule has 0 spiro atoms. The molecule has 4 aliphatic carbocycles. The minimum Gasteiger partial charge on any atom is -0.446 e. The molecule has 5 aliphatic rings. The Labute approximate surface area is 202 Å². The number of rotatable bonds is 6. The molecule has 2 unspecified atom stereocenters. The van der Waals surface area contributed by atoms with E-state index >= 15 is 0 Å². The number of aromatic nitrogens is 5. The molecule has 3 N–H and O–H groups in total. The molecular weight excluding hydrogens is 448 g/mol. The van der Waals surface area contributed by atoms with Crippen LogP contribution in [-0.4, -0.2) is 68.6 Å². The minimum absolute atomic E-state index is 0.0514. The molecule has 8 rings (SSSR count). The van der Waals surface area contributed by atoms with Crippen molar-refractivity contribution in [3.63, 3.8) is 0 Å². The van der Waals surface area contributed by atoms with Gasteiger partial charge in [0, 0.05) is 54.8 Å². The summed E-state index contributed by atoms with van der Waals surface area (Å²) in [4.78, 5) is 23.8. The first-order valence-electron chi connectivity index (χ1n) is 12.6. The zero-order valence-electron chi connectivity index (χ0n) is 19.6. The van der Waals surface area contributed by atoms with Crippen molar-refractivity contribution in [2.75, 3.05) is 36.5 Å². The lowest BCUT2D eigenvalue weighted by molar-refractivity contribution is -0.0506. The maximum Gasteiger partial charge on any atom is 0.407 e. The van der Waals surface area contributed by atoms with Crippen LogP contribution in [0.25, 0.3) is 5.65 Å². The topological polar surface area (TPSA) is 122 Å². The monoisotopic (exact) mass is 478 g/mol. The van der Waals surface area contributed by atoms with Gasteiger partial charge in [0.05, 0.1) is 13.2 Å². The molecule has 1 saturated heterocycles. The van der Waals surface area contributed by atoms with E-state index in [-0.39, 0.29) is 23.7 Å². The number of ether oxygens (including phenoxy) is 2. The Balaban J connectivity index is 1.01. The first-order valence-corrected chi connectivity index (χ1v) is 12.6. The molecule has 1 amide bonds. The number of aromatic amines is 1. The van der Waals surface area contributed by atoms with E-state index in [9.17, 15) is 4.79 Å². The third-order valence-electron chi connectivity index (χ3n) is 8.05. The molecule has 0 radical (unpaired) electrons. The van der Waals surface area contributed by atoms with Gasteiger partial charge >= 0.3 is 6.09 Å². The van der Waals surface area contributed by atoms with Crippen molar-refractivity contribution in [2.45, 2.75) is 56.1 Å². The standard InChI is InChI=1S/C24H30N8O3/c33-23(28-24-12-15(13-24)14-24)35-17-2-1-16(9-17)18-10-19(30-29-18)26-22-27-21(31-5-7-34-8-6-31)11-20-25-3-4-32(20)22/h3-4,10-11,15-17H,1-2,5-9,12-14H2,(H,28,33)(H2,26,27,29,30). The van der Waals surface area contributed by atoms with E-state index in [1.165, 1.54) is 0 Å². The maximum atomic E-state index is 12.3. The number of alkyl carbamates (subject to hydrolysis) is 1. The van der Waals surface area contributed by atoms with E-state index in [2.05, 4.69) is 30.7 Å². The number of nitrogens with zero attached hydrogens (tertiary/aromatic N) is 5. The molecule has 4 heterocycles. The second kappa shape index (κ2) is 8.11. The average Bonchev–Trinajstić information content (AvgIpc) is 3.57. The van der Waals surface area contributed by atoms with Crippen molar-refractivity contribution >= 4 is 29.3 Å². The highest BCUT2D eigenvalue weighted by Gasteiger charge is 2.57. The first kappa shape index (κ1) is 21.0. The van der Waals surface area contributed by atoms with Crippen LogP contribution in [0, 0.1) is 5.92 Å². The Bertz CT molecular complexity index is 1230. The summed E-state index contributed by atoms with van der Waals surface area (Å²) in [5.41, 5.74) is 1.93. The molecule has 11 nitrogen and oxygen atoms in total. The fourth-order valence-electron chi connectivity index (χ4n) is 6.04. The highest BCUT2D eigenvalue weighted by atomic mass is 16.6. The Morgan fingerprint density at radius 3 is 2.86 bits per heavy atom. The molecule has 11 heteroatoms. The Hall–Kier alpha value is -3.34. The summed E-state index contributed by atoms with van der Waals surface area (Å²) >= 11 is 0. The number of carbonyl (C=O) groups is 1. The van der Waals surface area contributed by atoms with E-state index in [1.54, 1.807) is 6.20 Å². The fourth-order valence-corrected chi connectivity index (χ4v) is 6.04. The lowest BCUT2D eigenvalue weighted by atomic mass is 9.50. The normalized spacial score (nSPS) is 29.5. The van der Waals surface area contributed by atoms with Crippen LogP contribution in [0.5, 0.6) is 0 Å². The average molecular weight is 479 g/mol. The number of fused-ring (bicyclic) bond motifs is 1. The molecule has 3 aromatic heterocycles. The fraction of sp³-hybridized carbons (Fsp3) is 0.583. The predicted molar refractivity (Wildman–Crippen MR) is 128 cm³/mol. The summed E-state index contributed by atoms with van der Waals surface area (Å²) in [6.07, 6.45) is 9.35. The zero-order valence-corrected chi connectivity index (χ0v) is 19.6. The number of hydrogen-bond donors (Lipinski definition) is 3. The maximum absolute atomic E-state index is 12.3. The van der Waals surface area contributed by atoms with Gasteiger partial charge in [-0.25, -0.2) is 9.78 Å². The number of hydrogen-bond acceptors (Lipinski definition) is 8. The Morgan fingerprint density at radius 1 is 1.20 bits per heavy atom. The highest BCUT2D eigenvalue weighted by molar-refractivity contribution is 5.69. The zero-order chi connectivity index (χ0) is 23.4. The van der Waals surface area contributed by atoms with Crippen molar-refractivity contribution in [1.82, 2.24) is 29.9 Å². The summed E-state index contributed by atoms with van der Waals surface area (Å²) in [5, 5.41) is 14.1. The van der Waals surface area contributed by atoms with Crippen molar-refractivity contribution < 1.29 is 14.3 Å². The molecule has 2 bridgehead atoms. The van der Waals surface area contributed by atoms with Gasteiger partial charge in [-0.15, -0.1) is 0 Å². The number of H-pyrrole nitrogens is 1. The SMILES string of the molecule is O=C(NC12CC(C1)C2)OC1CCC(c2cc(Nc3nc(N4CCOCC4)cc4nccn34)n[nH]2)C1. The lowest BCUT2D eigenvalue weighted by Crippen LogP contribution is -2.68. The van der Waals surface area contributed by atoms with Gasteiger partial charge in [0.15, 0.2) is 5.82 Å². The summed E-state index contributed by atoms with van der Waals surface area (Å²) in [5.74, 6) is 3.35. The minimum atomic E-state index is -0.253. The summed E-state index contributed by atoms with van der Waals surface area (Å²) < 4.78 is 13.1. The van der Waals surface area contributed by atoms with Gasteiger partial charge in [-0.05, 0) is 44.4 Å². The molecule has 0 aromatic carbocycles.